The second-order valence-corrected chi connectivity index (χ2v) is 8.20. The van der Waals surface area contributed by atoms with E-state index in [0.29, 0.717) is 0 Å². The van der Waals surface area contributed by atoms with E-state index in [9.17, 15) is 18.9 Å². The van der Waals surface area contributed by atoms with Gasteiger partial charge >= 0.3 is 12.1 Å². The van der Waals surface area contributed by atoms with Crippen LogP contribution in [-0.2, 0) is 26.9 Å². The predicted octanol–water partition coefficient (Wildman–Crippen LogP) is 2.15. The molecule has 0 heterocycles. The summed E-state index contributed by atoms with van der Waals surface area (Å²) in [6, 6.07) is 8.16. The number of carboxylic acids is 1. The highest BCUT2D eigenvalue weighted by Crippen LogP contribution is 2.12. The topological polar surface area (TPSA) is 95.9 Å². The van der Waals surface area contributed by atoms with E-state index in [2.05, 4.69) is 5.43 Å². The smallest absolute Gasteiger partial charge is 0.422 e. The zero-order valence-electron chi connectivity index (χ0n) is 15.0. The van der Waals surface area contributed by atoms with Crippen LogP contribution in [0.15, 0.2) is 30.3 Å². The summed E-state index contributed by atoms with van der Waals surface area (Å²) in [5.41, 5.74) is 2.65. The molecule has 0 aromatic heterocycles. The number of hydrazine groups is 1. The molecule has 140 valence electrons. The number of hydrogen-bond acceptors (Lipinski definition) is 5. The van der Waals surface area contributed by atoms with Crippen LogP contribution >= 0.6 is 0 Å². The predicted molar refractivity (Wildman–Crippen MR) is 96.3 cm³/mol. The fraction of sp³-hybridized carbons (Fsp3) is 0.529. The third kappa shape index (κ3) is 8.64. The molecule has 0 aliphatic carbocycles. The Kier molecular flexibility index (Phi) is 8.05. The highest BCUT2D eigenvalue weighted by atomic mass is 32.2. The third-order valence-electron chi connectivity index (χ3n) is 3.17. The minimum Gasteiger partial charge on any atom is -0.480 e. The Bertz CT molecular complexity index is 601. The van der Waals surface area contributed by atoms with E-state index in [1.165, 1.54) is 11.3 Å². The molecule has 1 aromatic rings. The summed E-state index contributed by atoms with van der Waals surface area (Å²) in [5, 5.41) is 10.9. The van der Waals surface area contributed by atoms with Crippen molar-refractivity contribution in [2.45, 2.75) is 45.4 Å². The van der Waals surface area contributed by atoms with E-state index < -0.39 is 34.5 Å². The number of benzene rings is 1. The second kappa shape index (κ2) is 9.53. The first-order valence-electron chi connectivity index (χ1n) is 7.91. The van der Waals surface area contributed by atoms with Gasteiger partial charge in [0.1, 0.15) is 11.6 Å². The average Bonchev–Trinajstić information content (AvgIpc) is 2.45. The Morgan fingerprint density at radius 1 is 1.28 bits per heavy atom. The third-order valence-corrected chi connectivity index (χ3v) is 3.98. The lowest BCUT2D eigenvalue weighted by atomic mass is 10.1. The number of ether oxygens (including phenoxy) is 1. The summed E-state index contributed by atoms with van der Waals surface area (Å²) in [6.45, 7) is 5.36. The minimum absolute atomic E-state index is 0.140. The molecule has 7 nitrogen and oxygen atoms in total. The molecule has 2 atom stereocenters. The van der Waals surface area contributed by atoms with E-state index in [1.54, 1.807) is 20.8 Å². The zero-order chi connectivity index (χ0) is 19.0. The summed E-state index contributed by atoms with van der Waals surface area (Å²) in [4.78, 5) is 23.8. The summed E-state index contributed by atoms with van der Waals surface area (Å²) in [5.74, 6) is -0.879. The maximum Gasteiger partial charge on any atom is 0.422 e. The van der Waals surface area contributed by atoms with Gasteiger partial charge in [-0.3, -0.25) is 14.4 Å². The van der Waals surface area contributed by atoms with Crippen LogP contribution < -0.4 is 5.43 Å². The van der Waals surface area contributed by atoms with Crippen molar-refractivity contribution in [2.24, 2.45) is 0 Å². The number of rotatable bonds is 8. The van der Waals surface area contributed by atoms with Gasteiger partial charge in [-0.2, -0.15) is 5.01 Å². The first kappa shape index (κ1) is 21.1. The lowest BCUT2D eigenvalue weighted by Gasteiger charge is -2.30. The zero-order valence-corrected chi connectivity index (χ0v) is 15.8. The van der Waals surface area contributed by atoms with Crippen LogP contribution in [0.1, 0.15) is 32.8 Å². The van der Waals surface area contributed by atoms with Crippen LogP contribution in [0.5, 0.6) is 0 Å². The highest BCUT2D eigenvalue weighted by molar-refractivity contribution is 7.84. The number of carbonyl (C=O) groups is 2. The molecule has 0 spiro atoms. The van der Waals surface area contributed by atoms with Crippen LogP contribution in [0.3, 0.4) is 0 Å². The van der Waals surface area contributed by atoms with Crippen LogP contribution in [0.4, 0.5) is 4.79 Å². The Labute approximate surface area is 150 Å². The van der Waals surface area contributed by atoms with Crippen molar-refractivity contribution < 1.29 is 23.6 Å². The fourth-order valence-corrected chi connectivity index (χ4v) is 2.67. The normalized spacial score (nSPS) is 14.0. The second-order valence-electron chi connectivity index (χ2n) is 6.65. The molecule has 0 fully saturated rings. The average molecular weight is 370 g/mol. The van der Waals surface area contributed by atoms with Gasteiger partial charge in [-0.05, 0) is 32.8 Å². The molecule has 0 saturated carbocycles. The van der Waals surface area contributed by atoms with Crippen molar-refractivity contribution in [3.8, 4) is 0 Å². The lowest BCUT2D eigenvalue weighted by Crippen LogP contribution is -2.52. The SMILES string of the molecule is CS(=O)CC[C@H](C(=O)O)N(Cc1ccccc1)NC(=O)OC(C)(C)C. The van der Waals surface area contributed by atoms with Gasteiger partial charge in [-0.25, -0.2) is 4.79 Å². The summed E-state index contributed by atoms with van der Waals surface area (Å²) in [7, 11) is -1.13. The van der Waals surface area contributed by atoms with Crippen molar-refractivity contribution in [3.63, 3.8) is 0 Å². The quantitative estimate of drug-likeness (QED) is 0.681. The molecular formula is C17H26N2O5S. The van der Waals surface area contributed by atoms with E-state index in [1.807, 2.05) is 30.3 Å². The Morgan fingerprint density at radius 3 is 2.36 bits per heavy atom. The van der Waals surface area contributed by atoms with Crippen molar-refractivity contribution in [1.82, 2.24) is 10.4 Å². The van der Waals surface area contributed by atoms with Gasteiger partial charge in [0.25, 0.3) is 0 Å². The molecule has 1 aromatic carbocycles. The van der Waals surface area contributed by atoms with Crippen molar-refractivity contribution in [2.75, 3.05) is 12.0 Å². The number of hydrogen-bond donors (Lipinski definition) is 2. The largest absolute Gasteiger partial charge is 0.480 e. The molecule has 1 unspecified atom stereocenters. The molecule has 0 aliphatic heterocycles. The molecule has 8 heteroatoms. The van der Waals surface area contributed by atoms with Gasteiger partial charge in [0.2, 0.25) is 0 Å². The van der Waals surface area contributed by atoms with Gasteiger partial charge in [-0.15, -0.1) is 0 Å². The summed E-state index contributed by atoms with van der Waals surface area (Å²) < 4.78 is 16.6. The van der Waals surface area contributed by atoms with Crippen LogP contribution in [0, 0.1) is 0 Å². The fourth-order valence-electron chi connectivity index (χ4n) is 2.12. The number of nitrogens with zero attached hydrogens (tertiary/aromatic N) is 1. The first-order valence-corrected chi connectivity index (χ1v) is 9.64. The number of carbonyl (C=O) groups excluding carboxylic acids is 1. The number of nitrogens with one attached hydrogen (secondary N) is 1. The summed E-state index contributed by atoms with van der Waals surface area (Å²) in [6.07, 6.45) is 0.926. The molecular weight excluding hydrogens is 344 g/mol. The van der Waals surface area contributed by atoms with Gasteiger partial charge in [0, 0.05) is 29.4 Å². The Morgan fingerprint density at radius 2 is 1.88 bits per heavy atom. The summed E-state index contributed by atoms with van der Waals surface area (Å²) >= 11 is 0. The number of carboxylic acid groups (broad SMARTS) is 1. The molecule has 0 aliphatic rings. The van der Waals surface area contributed by atoms with Crippen LogP contribution in [-0.4, -0.2) is 50.0 Å². The lowest BCUT2D eigenvalue weighted by molar-refractivity contribution is -0.145. The number of amides is 1. The van der Waals surface area contributed by atoms with Gasteiger partial charge < -0.3 is 9.84 Å². The van der Waals surface area contributed by atoms with Crippen LogP contribution in [0.25, 0.3) is 0 Å². The maximum atomic E-state index is 12.1. The van der Waals surface area contributed by atoms with Crippen LogP contribution in [0.2, 0.25) is 0 Å². The molecule has 1 amide bonds. The van der Waals surface area contributed by atoms with Crippen molar-refractivity contribution in [3.05, 3.63) is 35.9 Å². The molecule has 0 saturated heterocycles. The van der Waals surface area contributed by atoms with E-state index in [0.717, 1.165) is 5.56 Å². The van der Waals surface area contributed by atoms with Gasteiger partial charge in [0.05, 0.1) is 0 Å². The molecule has 1 rings (SSSR count). The van der Waals surface area contributed by atoms with E-state index in [-0.39, 0.29) is 18.7 Å². The Hall–Kier alpha value is -1.93. The maximum absolute atomic E-state index is 12.1. The standard InChI is InChI=1S/C17H26N2O5S/c1-17(2,3)24-16(22)18-19(12-13-8-6-5-7-9-13)14(15(20)21)10-11-25(4)23/h5-9,14H,10-12H2,1-4H3,(H,18,22)(H,20,21)/t14-,25?/m1/s1. The highest BCUT2D eigenvalue weighted by Gasteiger charge is 2.29. The molecule has 25 heavy (non-hydrogen) atoms. The molecule has 2 N–H and O–H groups in total. The monoisotopic (exact) mass is 370 g/mol. The van der Waals surface area contributed by atoms with E-state index in [4.69, 9.17) is 4.74 Å². The van der Waals surface area contributed by atoms with Crippen molar-refractivity contribution in [1.29, 1.82) is 0 Å². The Balaban J connectivity index is 2.96. The minimum atomic E-state index is -1.13. The van der Waals surface area contributed by atoms with E-state index >= 15 is 0 Å². The van der Waals surface area contributed by atoms with Crippen molar-refractivity contribution >= 4 is 22.9 Å². The molecule has 0 radical (unpaired) electrons. The van der Waals surface area contributed by atoms with Gasteiger partial charge in [0.15, 0.2) is 0 Å². The number of aliphatic carboxylic acids is 1. The first-order chi connectivity index (χ1) is 11.6. The van der Waals surface area contributed by atoms with Gasteiger partial charge in [-0.1, -0.05) is 30.3 Å². The molecule has 0 bridgehead atoms.